The second kappa shape index (κ2) is 6.88. The number of nitrogens with zero attached hydrogens (tertiary/aromatic N) is 1. The van der Waals surface area contributed by atoms with Crippen molar-refractivity contribution >= 4 is 0 Å². The summed E-state index contributed by atoms with van der Waals surface area (Å²) >= 11 is 0. The molecule has 108 valence electrons. The molecule has 0 aromatic heterocycles. The van der Waals surface area contributed by atoms with Crippen molar-refractivity contribution in [3.8, 4) is 0 Å². The third-order valence-electron chi connectivity index (χ3n) is 4.22. The Hall–Kier alpha value is -0.120. The van der Waals surface area contributed by atoms with Crippen LogP contribution < -0.4 is 5.32 Å². The van der Waals surface area contributed by atoms with Crippen LogP contribution in [-0.2, 0) is 0 Å². The van der Waals surface area contributed by atoms with Crippen molar-refractivity contribution in [2.45, 2.75) is 71.0 Å². The summed E-state index contributed by atoms with van der Waals surface area (Å²) in [5.74, 6) is 0.938. The molecule has 1 aliphatic rings. The fourth-order valence-electron chi connectivity index (χ4n) is 2.75. The second-order valence-corrected chi connectivity index (χ2v) is 6.68. The van der Waals surface area contributed by atoms with E-state index in [0.29, 0.717) is 6.04 Å². The van der Waals surface area contributed by atoms with E-state index in [1.165, 1.54) is 12.8 Å². The molecular formula is C15H32N2O. The molecule has 0 aromatic carbocycles. The highest BCUT2D eigenvalue weighted by atomic mass is 16.3. The molecule has 0 bridgehead atoms. The minimum Gasteiger partial charge on any atom is -0.394 e. The lowest BCUT2D eigenvalue weighted by atomic mass is 9.95. The molecule has 0 spiro atoms. The normalized spacial score (nSPS) is 21.3. The van der Waals surface area contributed by atoms with Crippen LogP contribution in [-0.4, -0.2) is 47.8 Å². The van der Waals surface area contributed by atoms with Crippen LogP contribution in [0.5, 0.6) is 0 Å². The molecule has 2 atom stereocenters. The largest absolute Gasteiger partial charge is 0.394 e. The number of rotatable bonds is 9. The molecule has 2 unspecified atom stereocenters. The van der Waals surface area contributed by atoms with Gasteiger partial charge in [-0.05, 0) is 59.0 Å². The Kier molecular flexibility index (Phi) is 6.09. The molecule has 0 radical (unpaired) electrons. The van der Waals surface area contributed by atoms with Crippen LogP contribution in [0, 0.1) is 5.92 Å². The van der Waals surface area contributed by atoms with Crippen LogP contribution in [0.4, 0.5) is 0 Å². The zero-order valence-electron chi connectivity index (χ0n) is 12.9. The summed E-state index contributed by atoms with van der Waals surface area (Å²) in [7, 11) is 2.23. The van der Waals surface area contributed by atoms with Gasteiger partial charge in [0.1, 0.15) is 0 Å². The minimum absolute atomic E-state index is 0.127. The summed E-state index contributed by atoms with van der Waals surface area (Å²) in [4.78, 5) is 2.48. The first-order valence-corrected chi connectivity index (χ1v) is 7.47. The third-order valence-corrected chi connectivity index (χ3v) is 4.22. The predicted octanol–water partition coefficient (Wildman–Crippen LogP) is 2.25. The first kappa shape index (κ1) is 15.9. The Labute approximate surface area is 113 Å². The van der Waals surface area contributed by atoms with Crippen molar-refractivity contribution in [2.24, 2.45) is 5.92 Å². The number of hydrogen-bond acceptors (Lipinski definition) is 3. The first-order chi connectivity index (χ1) is 8.38. The Morgan fingerprint density at radius 3 is 2.39 bits per heavy atom. The van der Waals surface area contributed by atoms with Crippen LogP contribution in [0.15, 0.2) is 0 Å². The maximum Gasteiger partial charge on any atom is 0.0610 e. The van der Waals surface area contributed by atoms with E-state index in [0.717, 1.165) is 31.3 Å². The zero-order chi connectivity index (χ0) is 13.8. The highest BCUT2D eigenvalue weighted by Crippen LogP contribution is 2.34. The van der Waals surface area contributed by atoms with E-state index in [9.17, 15) is 5.11 Å². The van der Waals surface area contributed by atoms with Gasteiger partial charge in [0.15, 0.2) is 0 Å². The summed E-state index contributed by atoms with van der Waals surface area (Å²) in [6.07, 6.45) is 5.00. The molecule has 0 amide bonds. The number of aliphatic hydroxyl groups is 1. The van der Waals surface area contributed by atoms with Crippen molar-refractivity contribution < 1.29 is 5.11 Å². The van der Waals surface area contributed by atoms with E-state index in [1.54, 1.807) is 0 Å². The van der Waals surface area contributed by atoms with Gasteiger partial charge in [-0.25, -0.2) is 0 Å². The molecule has 18 heavy (non-hydrogen) atoms. The van der Waals surface area contributed by atoms with Gasteiger partial charge in [-0.3, -0.25) is 0 Å². The van der Waals surface area contributed by atoms with E-state index in [-0.39, 0.29) is 12.1 Å². The Morgan fingerprint density at radius 1 is 1.33 bits per heavy atom. The number of hydrogen-bond donors (Lipinski definition) is 2. The van der Waals surface area contributed by atoms with E-state index < -0.39 is 0 Å². The highest BCUT2D eigenvalue weighted by Gasteiger charge is 2.30. The van der Waals surface area contributed by atoms with Gasteiger partial charge in [-0.1, -0.05) is 13.8 Å². The van der Waals surface area contributed by atoms with E-state index >= 15 is 0 Å². The lowest BCUT2D eigenvalue weighted by Gasteiger charge is -2.32. The van der Waals surface area contributed by atoms with Crippen molar-refractivity contribution in [2.75, 3.05) is 20.2 Å². The molecule has 0 aromatic rings. The topological polar surface area (TPSA) is 35.5 Å². The minimum atomic E-state index is -0.127. The van der Waals surface area contributed by atoms with Crippen molar-refractivity contribution in [3.63, 3.8) is 0 Å². The maximum absolute atomic E-state index is 9.53. The molecular weight excluding hydrogens is 224 g/mol. The van der Waals surface area contributed by atoms with E-state index in [2.05, 4.69) is 45.0 Å². The average Bonchev–Trinajstić information content (AvgIpc) is 3.10. The third kappa shape index (κ3) is 5.25. The molecule has 1 fully saturated rings. The SMILES string of the molecule is CC(C)NC(C)(CO)CCCN(C)C(C)C1CC1. The van der Waals surface area contributed by atoms with Gasteiger partial charge >= 0.3 is 0 Å². The van der Waals surface area contributed by atoms with E-state index in [4.69, 9.17) is 0 Å². The average molecular weight is 256 g/mol. The van der Waals surface area contributed by atoms with Gasteiger partial charge in [0.25, 0.3) is 0 Å². The Bertz CT molecular complexity index is 241. The quantitative estimate of drug-likeness (QED) is 0.664. The van der Waals surface area contributed by atoms with Crippen LogP contribution >= 0.6 is 0 Å². The molecule has 0 heterocycles. The first-order valence-electron chi connectivity index (χ1n) is 7.47. The van der Waals surface area contributed by atoms with Crippen LogP contribution in [0.2, 0.25) is 0 Å². The van der Waals surface area contributed by atoms with E-state index in [1.807, 2.05) is 0 Å². The molecule has 0 aliphatic heterocycles. The smallest absolute Gasteiger partial charge is 0.0610 e. The van der Waals surface area contributed by atoms with Crippen molar-refractivity contribution in [1.82, 2.24) is 10.2 Å². The van der Waals surface area contributed by atoms with Crippen molar-refractivity contribution in [3.05, 3.63) is 0 Å². The fraction of sp³-hybridized carbons (Fsp3) is 1.00. The van der Waals surface area contributed by atoms with Gasteiger partial charge in [-0.15, -0.1) is 0 Å². The zero-order valence-corrected chi connectivity index (χ0v) is 12.9. The Balaban J connectivity index is 2.25. The molecule has 1 rings (SSSR count). The number of aliphatic hydroxyl groups excluding tert-OH is 1. The van der Waals surface area contributed by atoms with Crippen LogP contribution in [0.1, 0.15) is 53.4 Å². The van der Waals surface area contributed by atoms with Gasteiger partial charge in [0.2, 0.25) is 0 Å². The van der Waals surface area contributed by atoms with Gasteiger partial charge in [0.05, 0.1) is 6.61 Å². The lowest BCUT2D eigenvalue weighted by molar-refractivity contribution is 0.145. The molecule has 3 nitrogen and oxygen atoms in total. The summed E-state index contributed by atoms with van der Waals surface area (Å²) in [6, 6.07) is 1.15. The summed E-state index contributed by atoms with van der Waals surface area (Å²) < 4.78 is 0. The highest BCUT2D eigenvalue weighted by molar-refractivity contribution is 4.86. The summed E-state index contributed by atoms with van der Waals surface area (Å²) in [6.45, 7) is 10.1. The Morgan fingerprint density at radius 2 is 1.94 bits per heavy atom. The summed E-state index contributed by atoms with van der Waals surface area (Å²) in [5.41, 5.74) is -0.127. The molecule has 2 N–H and O–H groups in total. The molecule has 0 saturated heterocycles. The van der Waals surface area contributed by atoms with Crippen LogP contribution in [0.3, 0.4) is 0 Å². The standard InChI is InChI=1S/C15H32N2O/c1-12(2)16-15(4,11-18)9-6-10-17(5)13(3)14-7-8-14/h12-14,16,18H,6-11H2,1-5H3. The molecule has 1 saturated carbocycles. The fourth-order valence-corrected chi connectivity index (χ4v) is 2.75. The van der Waals surface area contributed by atoms with Crippen molar-refractivity contribution in [1.29, 1.82) is 0 Å². The van der Waals surface area contributed by atoms with Gasteiger partial charge in [0, 0.05) is 17.6 Å². The molecule has 1 aliphatic carbocycles. The molecule has 3 heteroatoms. The second-order valence-electron chi connectivity index (χ2n) is 6.68. The van der Waals surface area contributed by atoms with Gasteiger partial charge in [-0.2, -0.15) is 0 Å². The van der Waals surface area contributed by atoms with Crippen LogP contribution in [0.25, 0.3) is 0 Å². The number of nitrogens with one attached hydrogen (secondary N) is 1. The summed E-state index contributed by atoms with van der Waals surface area (Å²) in [5, 5.41) is 13.0. The predicted molar refractivity (Wildman–Crippen MR) is 77.8 cm³/mol. The monoisotopic (exact) mass is 256 g/mol. The van der Waals surface area contributed by atoms with Gasteiger partial charge < -0.3 is 15.3 Å². The maximum atomic E-state index is 9.53. The lowest BCUT2D eigenvalue weighted by Crippen LogP contribution is -2.49.